The first-order valence-corrected chi connectivity index (χ1v) is 7.46. The second-order valence-corrected chi connectivity index (χ2v) is 6.05. The average Bonchev–Trinajstić information content (AvgIpc) is 2.82. The molecule has 0 amide bonds. The van der Waals surface area contributed by atoms with E-state index >= 15 is 0 Å². The van der Waals surface area contributed by atoms with Gasteiger partial charge in [-0.1, -0.05) is 17.8 Å². The van der Waals surface area contributed by atoms with Gasteiger partial charge in [-0.05, 0) is 55.3 Å². The normalized spacial score (nSPS) is 12.8. The second kappa shape index (κ2) is 5.50. The summed E-state index contributed by atoms with van der Waals surface area (Å²) in [5.41, 5.74) is 3.59. The van der Waals surface area contributed by atoms with Crippen LogP contribution in [0.3, 0.4) is 0 Å². The number of aliphatic hydroxyl groups excluding tert-OH is 1. The van der Waals surface area contributed by atoms with Gasteiger partial charge >= 0.3 is 0 Å². The molecule has 2 aromatic carbocycles. The van der Waals surface area contributed by atoms with Crippen LogP contribution < -0.4 is 0 Å². The third kappa shape index (κ3) is 2.94. The number of benzene rings is 2. The van der Waals surface area contributed by atoms with Crippen LogP contribution in [0.15, 0.2) is 46.5 Å². The third-order valence-electron chi connectivity index (χ3n) is 3.24. The largest absolute Gasteiger partial charge is 0.389 e. The van der Waals surface area contributed by atoms with E-state index in [9.17, 15) is 9.50 Å². The molecule has 21 heavy (non-hydrogen) atoms. The Kier molecular flexibility index (Phi) is 3.69. The molecule has 2 N–H and O–H groups in total. The molecule has 3 nitrogen and oxygen atoms in total. The van der Waals surface area contributed by atoms with Crippen LogP contribution in [-0.2, 0) is 0 Å². The Hall–Kier alpha value is -1.85. The summed E-state index contributed by atoms with van der Waals surface area (Å²) < 4.78 is 13.3. The quantitative estimate of drug-likeness (QED) is 0.761. The van der Waals surface area contributed by atoms with E-state index in [1.807, 2.05) is 25.1 Å². The van der Waals surface area contributed by atoms with Crippen molar-refractivity contribution in [3.05, 3.63) is 53.3 Å². The van der Waals surface area contributed by atoms with E-state index in [1.54, 1.807) is 13.0 Å². The van der Waals surface area contributed by atoms with E-state index in [0.717, 1.165) is 26.6 Å². The summed E-state index contributed by atoms with van der Waals surface area (Å²) >= 11 is 1.39. The van der Waals surface area contributed by atoms with Crippen molar-refractivity contribution in [2.24, 2.45) is 0 Å². The first-order chi connectivity index (χ1) is 10.0. The van der Waals surface area contributed by atoms with Gasteiger partial charge in [0.2, 0.25) is 0 Å². The molecule has 0 fully saturated rings. The Morgan fingerprint density at radius 2 is 2.05 bits per heavy atom. The van der Waals surface area contributed by atoms with Crippen molar-refractivity contribution in [1.29, 1.82) is 0 Å². The van der Waals surface area contributed by atoms with Crippen LogP contribution in [0.5, 0.6) is 0 Å². The van der Waals surface area contributed by atoms with Gasteiger partial charge in [0.1, 0.15) is 5.82 Å². The fourth-order valence-corrected chi connectivity index (χ4v) is 3.19. The van der Waals surface area contributed by atoms with Crippen molar-refractivity contribution in [2.45, 2.75) is 30.0 Å². The van der Waals surface area contributed by atoms with Crippen LogP contribution in [0.25, 0.3) is 11.0 Å². The molecular weight excluding hydrogens is 287 g/mol. The minimum atomic E-state index is -0.727. The van der Waals surface area contributed by atoms with Crippen LogP contribution in [0.2, 0.25) is 0 Å². The van der Waals surface area contributed by atoms with Crippen molar-refractivity contribution >= 4 is 22.8 Å². The SMILES string of the molecule is Cc1ccc2nc(Sc3ccc(F)cc3C(C)O)[nH]c2c1. The number of halogens is 1. The number of nitrogens with zero attached hydrogens (tertiary/aromatic N) is 1. The van der Waals surface area contributed by atoms with Gasteiger partial charge in [0.05, 0.1) is 17.1 Å². The van der Waals surface area contributed by atoms with Gasteiger partial charge < -0.3 is 10.1 Å². The Bertz CT molecular complexity index is 798. The van der Waals surface area contributed by atoms with E-state index < -0.39 is 6.10 Å². The lowest BCUT2D eigenvalue weighted by atomic mass is 10.1. The average molecular weight is 302 g/mol. The summed E-state index contributed by atoms with van der Waals surface area (Å²) in [6.07, 6.45) is -0.727. The van der Waals surface area contributed by atoms with Crippen LogP contribution >= 0.6 is 11.8 Å². The van der Waals surface area contributed by atoms with Gasteiger partial charge in [-0.25, -0.2) is 9.37 Å². The molecule has 0 aliphatic heterocycles. The molecule has 0 aliphatic carbocycles. The molecule has 0 radical (unpaired) electrons. The number of aromatic amines is 1. The van der Waals surface area contributed by atoms with Crippen molar-refractivity contribution in [3.63, 3.8) is 0 Å². The lowest BCUT2D eigenvalue weighted by molar-refractivity contribution is 0.196. The number of hydrogen-bond acceptors (Lipinski definition) is 3. The molecule has 108 valence electrons. The maximum atomic E-state index is 13.3. The zero-order valence-corrected chi connectivity index (χ0v) is 12.5. The van der Waals surface area contributed by atoms with Gasteiger partial charge in [0.15, 0.2) is 5.16 Å². The zero-order chi connectivity index (χ0) is 15.0. The third-order valence-corrected chi connectivity index (χ3v) is 4.22. The summed E-state index contributed by atoms with van der Waals surface area (Å²) in [7, 11) is 0. The van der Waals surface area contributed by atoms with E-state index in [-0.39, 0.29) is 5.82 Å². The molecule has 1 heterocycles. The van der Waals surface area contributed by atoms with Crippen LogP contribution in [-0.4, -0.2) is 15.1 Å². The van der Waals surface area contributed by atoms with E-state index in [1.165, 1.54) is 23.9 Å². The van der Waals surface area contributed by atoms with Crippen molar-refractivity contribution < 1.29 is 9.50 Å². The highest BCUT2D eigenvalue weighted by Gasteiger charge is 2.12. The highest BCUT2D eigenvalue weighted by Crippen LogP contribution is 2.33. The van der Waals surface area contributed by atoms with Crippen molar-refractivity contribution in [2.75, 3.05) is 0 Å². The molecular formula is C16H15FN2OS. The molecule has 0 bridgehead atoms. The summed E-state index contributed by atoms with van der Waals surface area (Å²) in [4.78, 5) is 8.54. The lowest BCUT2D eigenvalue weighted by Gasteiger charge is -2.10. The maximum Gasteiger partial charge on any atom is 0.171 e. The smallest absolute Gasteiger partial charge is 0.171 e. The van der Waals surface area contributed by atoms with Gasteiger partial charge in [0.25, 0.3) is 0 Å². The van der Waals surface area contributed by atoms with E-state index in [4.69, 9.17) is 0 Å². The van der Waals surface area contributed by atoms with Crippen LogP contribution in [0.4, 0.5) is 4.39 Å². The number of imidazole rings is 1. The Balaban J connectivity index is 1.98. The fourth-order valence-electron chi connectivity index (χ4n) is 2.19. The molecule has 0 aliphatic rings. The van der Waals surface area contributed by atoms with Gasteiger partial charge in [-0.3, -0.25) is 0 Å². The summed E-state index contributed by atoms with van der Waals surface area (Å²) in [5, 5.41) is 10.5. The number of aromatic nitrogens is 2. The number of fused-ring (bicyclic) bond motifs is 1. The van der Waals surface area contributed by atoms with Gasteiger partial charge in [0, 0.05) is 4.90 Å². The van der Waals surface area contributed by atoms with Crippen LogP contribution in [0, 0.1) is 12.7 Å². The van der Waals surface area contributed by atoms with Gasteiger partial charge in [-0.2, -0.15) is 0 Å². The molecule has 3 rings (SSSR count). The molecule has 5 heteroatoms. The van der Waals surface area contributed by atoms with Crippen molar-refractivity contribution in [1.82, 2.24) is 9.97 Å². The number of nitrogens with one attached hydrogen (secondary N) is 1. The molecule has 0 saturated carbocycles. The molecule has 0 saturated heterocycles. The summed E-state index contributed by atoms with van der Waals surface area (Å²) in [6, 6.07) is 10.4. The molecule has 1 unspecified atom stereocenters. The molecule has 1 aromatic heterocycles. The highest BCUT2D eigenvalue weighted by atomic mass is 32.2. The lowest BCUT2D eigenvalue weighted by Crippen LogP contribution is -1.95. The number of aryl methyl sites for hydroxylation is 1. The van der Waals surface area contributed by atoms with E-state index in [0.29, 0.717) is 5.56 Å². The number of rotatable bonds is 3. The first kappa shape index (κ1) is 14.1. The Labute approximate surface area is 126 Å². The number of aliphatic hydroxyl groups is 1. The predicted molar refractivity (Wildman–Crippen MR) is 82.0 cm³/mol. The molecule has 3 aromatic rings. The van der Waals surface area contributed by atoms with Crippen LogP contribution in [0.1, 0.15) is 24.2 Å². The van der Waals surface area contributed by atoms with Crippen molar-refractivity contribution in [3.8, 4) is 0 Å². The number of hydrogen-bond donors (Lipinski definition) is 2. The predicted octanol–water partition coefficient (Wildman–Crippen LogP) is 4.21. The molecule has 0 spiro atoms. The Morgan fingerprint density at radius 3 is 2.81 bits per heavy atom. The fraction of sp³-hybridized carbons (Fsp3) is 0.188. The summed E-state index contributed by atoms with van der Waals surface area (Å²) in [6.45, 7) is 3.65. The van der Waals surface area contributed by atoms with Gasteiger partial charge in [-0.15, -0.1) is 0 Å². The minimum Gasteiger partial charge on any atom is -0.389 e. The highest BCUT2D eigenvalue weighted by molar-refractivity contribution is 7.99. The summed E-state index contributed by atoms with van der Waals surface area (Å²) in [5.74, 6) is -0.351. The molecule has 1 atom stereocenters. The maximum absolute atomic E-state index is 13.3. The minimum absolute atomic E-state index is 0.351. The Morgan fingerprint density at radius 1 is 1.24 bits per heavy atom. The monoisotopic (exact) mass is 302 g/mol. The topological polar surface area (TPSA) is 48.9 Å². The second-order valence-electron chi connectivity index (χ2n) is 5.02. The zero-order valence-electron chi connectivity index (χ0n) is 11.7. The van der Waals surface area contributed by atoms with E-state index in [2.05, 4.69) is 9.97 Å². The number of H-pyrrole nitrogens is 1. The first-order valence-electron chi connectivity index (χ1n) is 6.64. The standard InChI is InChI=1S/C16H15FN2OS/c1-9-3-5-13-14(7-9)19-16(18-13)21-15-6-4-11(17)8-12(15)10(2)20/h3-8,10,20H,1-2H3,(H,18,19).